The molecule has 3 aromatic rings. The van der Waals surface area contributed by atoms with E-state index in [4.69, 9.17) is 0 Å². The van der Waals surface area contributed by atoms with Gasteiger partial charge < -0.3 is 10.0 Å². The van der Waals surface area contributed by atoms with Crippen molar-refractivity contribution in [1.82, 2.24) is 0 Å². The highest BCUT2D eigenvalue weighted by Gasteiger charge is 2.27. The normalized spacial score (nSPS) is 16.2. The second-order valence-electron chi connectivity index (χ2n) is 9.23. The zero-order chi connectivity index (χ0) is 26.2. The lowest BCUT2D eigenvalue weighted by Gasteiger charge is -2.19. The molecule has 0 aliphatic carbocycles. The zero-order valence-corrected chi connectivity index (χ0v) is 23.7. The fourth-order valence-electron chi connectivity index (χ4n) is 4.36. The molecule has 0 spiro atoms. The standard InChI is InChI=1S/C27H32N2O4S3/c1-6-20(13-26-28(7-2)23-11-18(4)19(5)12-25(23)35-26)14-27-29(15-21(30)16-36(31,32)33)22-10-17(3)8-9-24(22)34-27/h8-14,21,30H,6-7,15-16H2,1-5H3/p+1. The van der Waals surface area contributed by atoms with Gasteiger partial charge in [-0.3, -0.25) is 4.55 Å². The Labute approximate surface area is 221 Å². The van der Waals surface area contributed by atoms with Crippen molar-refractivity contribution in [2.45, 2.75) is 58.6 Å². The maximum atomic E-state index is 11.3. The van der Waals surface area contributed by atoms with E-state index >= 15 is 0 Å². The van der Waals surface area contributed by atoms with E-state index in [9.17, 15) is 18.1 Å². The van der Waals surface area contributed by atoms with Crippen LogP contribution >= 0.6 is 23.1 Å². The van der Waals surface area contributed by atoms with Gasteiger partial charge in [0.1, 0.15) is 16.6 Å². The molecule has 4 rings (SSSR count). The van der Waals surface area contributed by atoms with Crippen molar-refractivity contribution in [3.05, 3.63) is 68.7 Å². The van der Waals surface area contributed by atoms with E-state index in [1.807, 2.05) is 23.6 Å². The number of hydrogen-bond donors (Lipinski definition) is 2. The first-order valence-electron chi connectivity index (χ1n) is 12.0. The van der Waals surface area contributed by atoms with Crippen molar-refractivity contribution in [2.24, 2.45) is 0 Å². The molecule has 1 aromatic heterocycles. The lowest BCUT2D eigenvalue weighted by atomic mass is 10.1. The van der Waals surface area contributed by atoms with Gasteiger partial charge >= 0.3 is 0 Å². The molecule has 6 nitrogen and oxygen atoms in total. The topological polar surface area (TPSA) is 81.7 Å². The van der Waals surface area contributed by atoms with Gasteiger partial charge in [0.15, 0.2) is 6.54 Å². The summed E-state index contributed by atoms with van der Waals surface area (Å²) in [5.74, 6) is -0.698. The molecule has 2 aromatic carbocycles. The van der Waals surface area contributed by atoms with Crippen molar-refractivity contribution < 1.29 is 22.6 Å². The Morgan fingerprint density at radius 1 is 1.14 bits per heavy atom. The molecule has 9 heteroatoms. The van der Waals surface area contributed by atoms with Gasteiger partial charge in [-0.2, -0.15) is 13.0 Å². The lowest BCUT2D eigenvalue weighted by Crippen LogP contribution is -2.43. The number of aliphatic hydroxyl groups is 1. The molecule has 2 N–H and O–H groups in total. The average Bonchev–Trinajstić information content (AvgIpc) is 3.28. The molecule has 1 atom stereocenters. The number of benzene rings is 2. The molecule has 1 unspecified atom stereocenters. The monoisotopic (exact) mass is 545 g/mol. The summed E-state index contributed by atoms with van der Waals surface area (Å²) in [6, 6.07) is 10.7. The predicted molar refractivity (Wildman–Crippen MR) is 150 cm³/mol. The predicted octanol–water partition coefficient (Wildman–Crippen LogP) is 5.63. The number of aromatic nitrogens is 1. The van der Waals surface area contributed by atoms with E-state index in [1.54, 1.807) is 23.1 Å². The number of hydrogen-bond acceptors (Lipinski definition) is 6. The summed E-state index contributed by atoms with van der Waals surface area (Å²) in [6.45, 7) is 11.5. The first-order chi connectivity index (χ1) is 17.0. The summed E-state index contributed by atoms with van der Waals surface area (Å²) in [6.07, 6.45) is 3.95. The number of nitrogens with zero attached hydrogens (tertiary/aromatic N) is 2. The summed E-state index contributed by atoms with van der Waals surface area (Å²) in [7, 11) is -4.28. The van der Waals surface area contributed by atoms with Crippen LogP contribution in [-0.2, 0) is 16.7 Å². The van der Waals surface area contributed by atoms with Crippen molar-refractivity contribution in [3.63, 3.8) is 0 Å². The number of aryl methyl sites for hydroxylation is 3. The van der Waals surface area contributed by atoms with E-state index in [0.717, 1.165) is 39.3 Å². The van der Waals surface area contributed by atoms with Crippen LogP contribution in [0.25, 0.3) is 16.3 Å². The smallest absolute Gasteiger partial charge is 0.267 e. The van der Waals surface area contributed by atoms with Crippen LogP contribution in [0.5, 0.6) is 0 Å². The highest BCUT2D eigenvalue weighted by molar-refractivity contribution is 8.03. The third-order valence-corrected chi connectivity index (χ3v) is 9.38. The molecule has 0 saturated heterocycles. The summed E-state index contributed by atoms with van der Waals surface area (Å²) < 4.78 is 34.9. The van der Waals surface area contributed by atoms with Crippen LogP contribution in [-0.4, -0.2) is 36.5 Å². The molecule has 0 saturated carbocycles. The van der Waals surface area contributed by atoms with E-state index < -0.39 is 22.0 Å². The van der Waals surface area contributed by atoms with E-state index in [2.05, 4.69) is 62.9 Å². The first kappa shape index (κ1) is 26.9. The summed E-state index contributed by atoms with van der Waals surface area (Å²) in [5, 5.41) is 12.6. The largest absolute Gasteiger partial charge is 0.385 e. The number of fused-ring (bicyclic) bond motifs is 2. The van der Waals surface area contributed by atoms with Crippen LogP contribution in [0.15, 0.2) is 51.9 Å². The number of aliphatic hydroxyl groups excluding tert-OH is 1. The summed E-state index contributed by atoms with van der Waals surface area (Å²) >= 11 is 3.39. The Morgan fingerprint density at radius 3 is 2.53 bits per heavy atom. The van der Waals surface area contributed by atoms with Gasteiger partial charge in [-0.05, 0) is 80.7 Å². The van der Waals surface area contributed by atoms with Gasteiger partial charge in [0, 0.05) is 23.6 Å². The summed E-state index contributed by atoms with van der Waals surface area (Å²) in [5.41, 5.74) is 6.97. The Balaban J connectivity index is 1.75. The maximum Gasteiger partial charge on any atom is 0.267 e. The SMILES string of the molecule is CCC(=C\c1sc2ccc(C)cc2[n+]1CC(O)CS(=O)(=O)O)/C=C1/Sc2cc(C)c(C)cc2N1CC. The van der Waals surface area contributed by atoms with Crippen LogP contribution in [0, 0.1) is 20.8 Å². The van der Waals surface area contributed by atoms with Gasteiger partial charge in [-0.25, -0.2) is 0 Å². The number of thioether (sulfide) groups is 1. The second kappa shape index (κ2) is 10.7. The van der Waals surface area contributed by atoms with Crippen molar-refractivity contribution >= 4 is 55.2 Å². The summed E-state index contributed by atoms with van der Waals surface area (Å²) in [4.78, 5) is 3.61. The number of allylic oxidation sites excluding steroid dienone is 2. The Bertz CT molecular complexity index is 1470. The molecular formula is C27H33N2O4S3+. The van der Waals surface area contributed by atoms with Gasteiger partial charge in [0.25, 0.3) is 15.1 Å². The number of rotatable bonds is 8. The van der Waals surface area contributed by atoms with Crippen molar-refractivity contribution in [2.75, 3.05) is 17.2 Å². The fourth-order valence-corrected chi connectivity index (χ4v) is 7.37. The average molecular weight is 546 g/mol. The van der Waals surface area contributed by atoms with Gasteiger partial charge in [-0.15, -0.1) is 0 Å². The molecule has 36 heavy (non-hydrogen) atoms. The Morgan fingerprint density at radius 2 is 1.86 bits per heavy atom. The molecule has 0 fully saturated rings. The van der Waals surface area contributed by atoms with Crippen LogP contribution in [0.1, 0.15) is 42.0 Å². The van der Waals surface area contributed by atoms with Crippen LogP contribution in [0.3, 0.4) is 0 Å². The third-order valence-electron chi connectivity index (χ3n) is 6.37. The molecule has 1 aliphatic rings. The Hall–Kier alpha value is -2.17. The molecule has 2 heterocycles. The van der Waals surface area contributed by atoms with Crippen LogP contribution in [0.2, 0.25) is 0 Å². The van der Waals surface area contributed by atoms with E-state index in [-0.39, 0.29) is 6.54 Å². The van der Waals surface area contributed by atoms with Gasteiger partial charge in [0.05, 0.1) is 10.7 Å². The molecule has 0 radical (unpaired) electrons. The maximum absolute atomic E-state index is 11.3. The lowest BCUT2D eigenvalue weighted by molar-refractivity contribution is -0.675. The molecular weight excluding hydrogens is 513 g/mol. The third kappa shape index (κ3) is 5.86. The quantitative estimate of drug-likeness (QED) is 0.282. The first-order valence-corrected chi connectivity index (χ1v) is 15.3. The molecule has 0 amide bonds. The van der Waals surface area contributed by atoms with Crippen LogP contribution < -0.4 is 9.47 Å². The van der Waals surface area contributed by atoms with Gasteiger partial charge in [0.2, 0.25) is 5.52 Å². The second-order valence-corrected chi connectivity index (χ2v) is 12.9. The Kier molecular flexibility index (Phi) is 7.97. The highest BCUT2D eigenvalue weighted by atomic mass is 32.2. The highest BCUT2D eigenvalue weighted by Crippen LogP contribution is 2.47. The fraction of sp³-hybridized carbons (Fsp3) is 0.370. The zero-order valence-electron chi connectivity index (χ0n) is 21.3. The number of anilines is 1. The molecule has 192 valence electrons. The van der Waals surface area contributed by atoms with E-state index in [0.29, 0.717) is 0 Å². The molecule has 1 aliphatic heterocycles. The minimum absolute atomic E-state index is 0.0719. The van der Waals surface area contributed by atoms with E-state index in [1.165, 1.54) is 26.7 Å². The number of thiazole rings is 1. The minimum atomic E-state index is -4.28. The molecule has 0 bridgehead atoms. The van der Waals surface area contributed by atoms with Crippen molar-refractivity contribution in [3.8, 4) is 0 Å². The minimum Gasteiger partial charge on any atom is -0.385 e. The van der Waals surface area contributed by atoms with Gasteiger partial charge in [-0.1, -0.05) is 36.1 Å². The van der Waals surface area contributed by atoms with Crippen LogP contribution in [0.4, 0.5) is 5.69 Å². The van der Waals surface area contributed by atoms with Crippen molar-refractivity contribution in [1.29, 1.82) is 0 Å².